The molecule has 3 heterocycles. The van der Waals surface area contributed by atoms with Gasteiger partial charge in [-0.2, -0.15) is 4.98 Å². The van der Waals surface area contributed by atoms with Crippen molar-refractivity contribution in [1.82, 2.24) is 19.9 Å². The van der Waals surface area contributed by atoms with Gasteiger partial charge in [-0.25, -0.2) is 0 Å². The maximum atomic E-state index is 12.5. The summed E-state index contributed by atoms with van der Waals surface area (Å²) in [5.74, 6) is 2.12. The number of benzene rings is 1. The van der Waals surface area contributed by atoms with E-state index >= 15 is 0 Å². The van der Waals surface area contributed by atoms with Crippen molar-refractivity contribution < 1.29 is 18.8 Å². The van der Waals surface area contributed by atoms with Gasteiger partial charge in [0.15, 0.2) is 5.78 Å². The highest BCUT2D eigenvalue weighted by molar-refractivity contribution is 7.12. The topological polar surface area (TPSA) is 88.8 Å². The Morgan fingerprint density at radius 3 is 2.56 bits per heavy atom. The highest BCUT2D eigenvalue weighted by atomic mass is 32.1. The molecule has 1 amide bonds. The molecule has 8 nitrogen and oxygen atoms in total. The molecule has 2 aromatic heterocycles. The van der Waals surface area contributed by atoms with Gasteiger partial charge in [-0.1, -0.05) is 11.2 Å². The highest BCUT2D eigenvalue weighted by Crippen LogP contribution is 2.20. The molecule has 4 rings (SSSR count). The van der Waals surface area contributed by atoms with Crippen molar-refractivity contribution >= 4 is 23.0 Å². The molecule has 168 valence electrons. The summed E-state index contributed by atoms with van der Waals surface area (Å²) in [7, 11) is 1.63. The number of nitrogens with zero attached hydrogens (tertiary/aromatic N) is 4. The zero-order chi connectivity index (χ0) is 22.3. The minimum Gasteiger partial charge on any atom is -0.497 e. The van der Waals surface area contributed by atoms with Crippen LogP contribution >= 0.6 is 11.3 Å². The van der Waals surface area contributed by atoms with Gasteiger partial charge in [-0.05, 0) is 42.1 Å². The molecule has 0 N–H and O–H groups in total. The summed E-state index contributed by atoms with van der Waals surface area (Å²) >= 11 is 1.45. The normalized spacial score (nSPS) is 14.5. The Morgan fingerprint density at radius 2 is 1.88 bits per heavy atom. The van der Waals surface area contributed by atoms with Crippen LogP contribution in [0.2, 0.25) is 0 Å². The molecule has 0 unspecified atom stereocenters. The minimum absolute atomic E-state index is 0.114. The number of amides is 1. The van der Waals surface area contributed by atoms with Gasteiger partial charge >= 0.3 is 0 Å². The van der Waals surface area contributed by atoms with E-state index in [2.05, 4.69) is 15.0 Å². The number of piperazine rings is 1. The Bertz CT molecular complexity index is 1020. The summed E-state index contributed by atoms with van der Waals surface area (Å²) in [6.45, 7) is 3.38. The Labute approximate surface area is 190 Å². The van der Waals surface area contributed by atoms with Crippen LogP contribution in [0, 0.1) is 0 Å². The SMILES string of the molecule is COc1ccc(-c2noc(CN3CCN(C(=O)CCCC(=O)c4cccs4)CC3)n2)cc1. The van der Waals surface area contributed by atoms with Crippen molar-refractivity contribution in [1.29, 1.82) is 0 Å². The van der Waals surface area contributed by atoms with Crippen molar-refractivity contribution in [3.63, 3.8) is 0 Å². The van der Waals surface area contributed by atoms with Crippen LogP contribution in [0.3, 0.4) is 0 Å². The lowest BCUT2D eigenvalue weighted by molar-refractivity contribution is -0.133. The number of thiophene rings is 1. The number of Topliss-reactive ketones (excluding diaryl/α,β-unsaturated/α-hetero) is 1. The van der Waals surface area contributed by atoms with Crippen LogP contribution in [0.25, 0.3) is 11.4 Å². The van der Waals surface area contributed by atoms with Gasteiger partial charge < -0.3 is 14.2 Å². The molecule has 0 saturated carbocycles. The molecule has 1 fully saturated rings. The second-order valence-corrected chi connectivity index (χ2v) is 8.60. The minimum atomic E-state index is 0.114. The zero-order valence-electron chi connectivity index (χ0n) is 18.0. The average Bonchev–Trinajstić information content (AvgIpc) is 3.52. The van der Waals surface area contributed by atoms with Gasteiger partial charge in [0.25, 0.3) is 0 Å². The second-order valence-electron chi connectivity index (χ2n) is 7.65. The number of aromatic nitrogens is 2. The number of rotatable bonds is 9. The quantitative estimate of drug-likeness (QED) is 0.457. The molecule has 0 bridgehead atoms. The predicted octanol–water partition coefficient (Wildman–Crippen LogP) is 3.50. The van der Waals surface area contributed by atoms with E-state index in [0.717, 1.165) is 29.3 Å². The Morgan fingerprint density at radius 1 is 1.09 bits per heavy atom. The molecule has 3 aromatic rings. The maximum absolute atomic E-state index is 12.5. The van der Waals surface area contributed by atoms with Crippen LogP contribution in [0.4, 0.5) is 0 Å². The van der Waals surface area contributed by atoms with Crippen molar-refractivity contribution in [2.45, 2.75) is 25.8 Å². The van der Waals surface area contributed by atoms with Crippen molar-refractivity contribution in [2.75, 3.05) is 33.3 Å². The van der Waals surface area contributed by atoms with E-state index in [0.29, 0.717) is 50.6 Å². The summed E-state index contributed by atoms with van der Waals surface area (Å²) in [5.41, 5.74) is 0.869. The first kappa shape index (κ1) is 22.2. The van der Waals surface area contributed by atoms with Gasteiger partial charge in [0.05, 0.1) is 18.5 Å². The molecule has 0 radical (unpaired) electrons. The van der Waals surface area contributed by atoms with Crippen LogP contribution in [0.1, 0.15) is 34.8 Å². The molecule has 0 atom stereocenters. The third kappa shape index (κ3) is 5.60. The molecule has 0 spiro atoms. The van der Waals surface area contributed by atoms with Crippen molar-refractivity contribution in [3.05, 3.63) is 52.5 Å². The number of hydrogen-bond donors (Lipinski definition) is 0. The van der Waals surface area contributed by atoms with Crippen molar-refractivity contribution in [2.24, 2.45) is 0 Å². The maximum Gasteiger partial charge on any atom is 0.241 e. The largest absolute Gasteiger partial charge is 0.497 e. The molecule has 1 aliphatic heterocycles. The summed E-state index contributed by atoms with van der Waals surface area (Å²) in [5, 5.41) is 5.97. The molecule has 32 heavy (non-hydrogen) atoms. The van der Waals surface area contributed by atoms with E-state index in [1.165, 1.54) is 11.3 Å². The number of carbonyl (C=O) groups excluding carboxylic acids is 2. The lowest BCUT2D eigenvalue weighted by Crippen LogP contribution is -2.48. The van der Waals surface area contributed by atoms with Crippen molar-refractivity contribution in [3.8, 4) is 17.1 Å². The van der Waals surface area contributed by atoms with E-state index < -0.39 is 0 Å². The lowest BCUT2D eigenvalue weighted by atomic mass is 10.1. The predicted molar refractivity (Wildman–Crippen MR) is 121 cm³/mol. The van der Waals surface area contributed by atoms with Gasteiger partial charge in [0.2, 0.25) is 17.6 Å². The first-order chi connectivity index (χ1) is 15.6. The van der Waals surface area contributed by atoms with E-state index in [-0.39, 0.29) is 11.7 Å². The molecule has 1 aliphatic rings. The standard InChI is InChI=1S/C23H26N4O4S/c1-30-18-9-7-17(8-10-18)23-24-21(31-25-23)16-26-11-13-27(14-12-26)22(29)6-2-4-19(28)20-5-3-15-32-20/h3,5,7-10,15H,2,4,6,11-14,16H2,1H3. The molecule has 1 aromatic carbocycles. The lowest BCUT2D eigenvalue weighted by Gasteiger charge is -2.34. The zero-order valence-corrected chi connectivity index (χ0v) is 18.8. The van der Waals surface area contributed by atoms with Gasteiger partial charge in [0, 0.05) is 44.6 Å². The van der Waals surface area contributed by atoms with Crippen LogP contribution in [-0.4, -0.2) is 64.9 Å². The smallest absolute Gasteiger partial charge is 0.241 e. The number of carbonyl (C=O) groups is 2. The first-order valence-corrected chi connectivity index (χ1v) is 11.5. The van der Waals surface area contributed by atoms with E-state index in [9.17, 15) is 9.59 Å². The molecule has 1 saturated heterocycles. The first-order valence-electron chi connectivity index (χ1n) is 10.7. The molecule has 9 heteroatoms. The Kier molecular flexibility index (Phi) is 7.28. The van der Waals surface area contributed by atoms with Crippen LogP contribution in [0.15, 0.2) is 46.3 Å². The Hall–Kier alpha value is -3.04. The number of methoxy groups -OCH3 is 1. The molecular formula is C23H26N4O4S. The summed E-state index contributed by atoms with van der Waals surface area (Å²) in [6, 6.07) is 11.2. The monoisotopic (exact) mass is 454 g/mol. The average molecular weight is 455 g/mol. The fourth-order valence-electron chi connectivity index (χ4n) is 3.64. The summed E-state index contributed by atoms with van der Waals surface area (Å²) < 4.78 is 10.6. The van der Waals surface area contributed by atoms with Crippen LogP contribution < -0.4 is 4.74 Å². The number of ketones is 1. The van der Waals surface area contributed by atoms with Gasteiger partial charge in [-0.15, -0.1) is 11.3 Å². The fourth-order valence-corrected chi connectivity index (χ4v) is 4.34. The fraction of sp³-hybridized carbons (Fsp3) is 0.391. The van der Waals surface area contributed by atoms with E-state index in [1.54, 1.807) is 7.11 Å². The Balaban J connectivity index is 1.19. The molecular weight excluding hydrogens is 428 g/mol. The number of ether oxygens (including phenoxy) is 1. The third-order valence-corrected chi connectivity index (χ3v) is 6.40. The highest BCUT2D eigenvalue weighted by Gasteiger charge is 2.22. The second kappa shape index (κ2) is 10.5. The van der Waals surface area contributed by atoms with Gasteiger partial charge in [-0.3, -0.25) is 14.5 Å². The summed E-state index contributed by atoms with van der Waals surface area (Å²) in [4.78, 5) is 33.9. The third-order valence-electron chi connectivity index (χ3n) is 5.49. The number of hydrogen-bond acceptors (Lipinski definition) is 8. The van der Waals surface area contributed by atoms with Crippen LogP contribution in [-0.2, 0) is 11.3 Å². The van der Waals surface area contributed by atoms with E-state index in [4.69, 9.17) is 9.26 Å². The summed E-state index contributed by atoms with van der Waals surface area (Å²) in [6.07, 6.45) is 1.41. The van der Waals surface area contributed by atoms with Crippen LogP contribution in [0.5, 0.6) is 5.75 Å². The van der Waals surface area contributed by atoms with Gasteiger partial charge in [0.1, 0.15) is 5.75 Å². The van der Waals surface area contributed by atoms with E-state index in [1.807, 2.05) is 46.7 Å². The molecule has 0 aliphatic carbocycles.